The van der Waals surface area contributed by atoms with Gasteiger partial charge in [-0.15, -0.1) is 0 Å². The molecule has 2 aliphatic rings. The molecule has 1 atom stereocenters. The summed E-state index contributed by atoms with van der Waals surface area (Å²) in [6.45, 7) is 0.175. The zero-order chi connectivity index (χ0) is 23.9. The SMILES string of the molecule is COc1ccc2c(c1)C(=O)N(C[C@@]1(C#Cc3cccnc3-c3cnn(C)c3)NC(=O)NC1=O)C2. The van der Waals surface area contributed by atoms with Gasteiger partial charge < -0.3 is 15.0 Å². The van der Waals surface area contributed by atoms with Crippen LogP contribution in [0, 0.1) is 11.8 Å². The molecule has 0 spiro atoms. The second-order valence-electron chi connectivity index (χ2n) is 8.05. The first-order valence-electron chi connectivity index (χ1n) is 10.5. The van der Waals surface area contributed by atoms with Gasteiger partial charge in [-0.25, -0.2) is 4.79 Å². The molecular formula is C24H20N6O4. The van der Waals surface area contributed by atoms with E-state index >= 15 is 0 Å². The summed E-state index contributed by atoms with van der Waals surface area (Å²) in [7, 11) is 3.33. The first-order chi connectivity index (χ1) is 16.4. The molecule has 1 aromatic carbocycles. The van der Waals surface area contributed by atoms with Gasteiger partial charge in [0.1, 0.15) is 5.75 Å². The Kier molecular flexibility index (Phi) is 5.02. The number of rotatable bonds is 4. The number of carbonyl (C=O) groups excluding carboxylic acids is 3. The number of methoxy groups -OCH3 is 1. The maximum atomic E-state index is 13.1. The number of imide groups is 1. The lowest BCUT2D eigenvalue weighted by Gasteiger charge is -2.26. The Morgan fingerprint density at radius 3 is 2.79 bits per heavy atom. The number of nitrogens with one attached hydrogen (secondary N) is 2. The number of aromatic nitrogens is 3. The fraction of sp³-hybridized carbons (Fsp3) is 0.208. The molecule has 1 fully saturated rings. The number of aryl methyl sites for hydroxylation is 1. The number of hydrogen-bond donors (Lipinski definition) is 2. The summed E-state index contributed by atoms with van der Waals surface area (Å²) in [4.78, 5) is 43.9. The van der Waals surface area contributed by atoms with Crippen molar-refractivity contribution in [2.75, 3.05) is 13.7 Å². The van der Waals surface area contributed by atoms with Crippen LogP contribution in [-0.4, -0.2) is 56.7 Å². The standard InChI is InChI=1S/C24H20N6O4/c1-29-12-17(11-26-29)20-15(4-3-9-25-20)7-8-24(22(32)27-23(33)28-24)14-30-13-16-5-6-18(34-2)10-19(16)21(30)31/h3-6,9-12H,13-14H2,1-2H3,(H2,27,28,32,33)/t24-/m1/s1. The van der Waals surface area contributed by atoms with Crippen LogP contribution in [0.2, 0.25) is 0 Å². The van der Waals surface area contributed by atoms with Crippen molar-refractivity contribution in [3.63, 3.8) is 0 Å². The van der Waals surface area contributed by atoms with Gasteiger partial charge in [-0.05, 0) is 29.8 Å². The molecule has 0 bridgehead atoms. The van der Waals surface area contributed by atoms with Crippen LogP contribution in [0.5, 0.6) is 5.75 Å². The van der Waals surface area contributed by atoms with E-state index in [-0.39, 0.29) is 12.5 Å². The number of urea groups is 1. The van der Waals surface area contributed by atoms with Crippen LogP contribution >= 0.6 is 0 Å². The van der Waals surface area contributed by atoms with Gasteiger partial charge >= 0.3 is 6.03 Å². The van der Waals surface area contributed by atoms with Crippen LogP contribution < -0.4 is 15.4 Å². The Labute approximate surface area is 194 Å². The highest BCUT2D eigenvalue weighted by Crippen LogP contribution is 2.28. The van der Waals surface area contributed by atoms with Crippen molar-refractivity contribution in [2.45, 2.75) is 12.1 Å². The third kappa shape index (κ3) is 3.63. The van der Waals surface area contributed by atoms with E-state index in [0.717, 1.165) is 11.1 Å². The Morgan fingerprint density at radius 2 is 2.09 bits per heavy atom. The lowest BCUT2D eigenvalue weighted by molar-refractivity contribution is -0.122. The molecule has 10 heteroatoms. The zero-order valence-corrected chi connectivity index (χ0v) is 18.5. The highest BCUT2D eigenvalue weighted by molar-refractivity contribution is 6.10. The molecule has 34 heavy (non-hydrogen) atoms. The number of hydrogen-bond acceptors (Lipinski definition) is 6. The second-order valence-corrected chi connectivity index (χ2v) is 8.05. The summed E-state index contributed by atoms with van der Waals surface area (Å²) in [5.41, 5.74) is 1.62. The second kappa shape index (κ2) is 8.04. The summed E-state index contributed by atoms with van der Waals surface area (Å²) in [6.07, 6.45) is 5.12. The van der Waals surface area contributed by atoms with Crippen molar-refractivity contribution in [1.29, 1.82) is 0 Å². The molecule has 2 aromatic heterocycles. The minimum absolute atomic E-state index is 0.115. The Morgan fingerprint density at radius 1 is 1.24 bits per heavy atom. The van der Waals surface area contributed by atoms with E-state index in [1.807, 2.05) is 12.3 Å². The minimum Gasteiger partial charge on any atom is -0.497 e. The Bertz CT molecular complexity index is 1400. The van der Waals surface area contributed by atoms with Crippen molar-refractivity contribution in [3.05, 3.63) is 65.6 Å². The van der Waals surface area contributed by atoms with E-state index in [4.69, 9.17) is 4.74 Å². The predicted molar refractivity (Wildman–Crippen MR) is 120 cm³/mol. The van der Waals surface area contributed by atoms with Crippen LogP contribution in [-0.2, 0) is 18.4 Å². The number of benzene rings is 1. The summed E-state index contributed by atoms with van der Waals surface area (Å²) in [6, 6.07) is 8.10. The molecule has 1 saturated heterocycles. The lowest BCUT2D eigenvalue weighted by Crippen LogP contribution is -2.54. The van der Waals surface area contributed by atoms with Crippen molar-refractivity contribution in [1.82, 2.24) is 30.3 Å². The van der Waals surface area contributed by atoms with E-state index in [0.29, 0.717) is 29.1 Å². The summed E-state index contributed by atoms with van der Waals surface area (Å²) < 4.78 is 6.87. The largest absolute Gasteiger partial charge is 0.497 e. The van der Waals surface area contributed by atoms with Gasteiger partial charge in [-0.3, -0.25) is 24.6 Å². The first kappa shape index (κ1) is 21.2. The molecule has 10 nitrogen and oxygen atoms in total. The molecule has 4 heterocycles. The third-order valence-corrected chi connectivity index (χ3v) is 5.76. The summed E-state index contributed by atoms with van der Waals surface area (Å²) >= 11 is 0. The topological polar surface area (TPSA) is 118 Å². The number of pyridine rings is 1. The fourth-order valence-electron chi connectivity index (χ4n) is 4.07. The van der Waals surface area contributed by atoms with Gasteiger partial charge in [0.2, 0.25) is 5.54 Å². The minimum atomic E-state index is -1.61. The number of ether oxygens (including phenoxy) is 1. The maximum absolute atomic E-state index is 13.1. The van der Waals surface area contributed by atoms with Gasteiger partial charge in [-0.1, -0.05) is 17.9 Å². The fourth-order valence-corrected chi connectivity index (χ4v) is 4.07. The molecule has 170 valence electrons. The molecule has 0 unspecified atom stereocenters. The molecule has 2 N–H and O–H groups in total. The molecule has 2 aliphatic heterocycles. The number of amides is 4. The smallest absolute Gasteiger partial charge is 0.323 e. The van der Waals surface area contributed by atoms with E-state index < -0.39 is 17.5 Å². The first-order valence-corrected chi connectivity index (χ1v) is 10.5. The molecule has 3 aromatic rings. The van der Waals surface area contributed by atoms with E-state index in [1.165, 1.54) is 12.0 Å². The van der Waals surface area contributed by atoms with Crippen molar-refractivity contribution >= 4 is 17.8 Å². The monoisotopic (exact) mass is 456 g/mol. The molecule has 0 radical (unpaired) electrons. The van der Waals surface area contributed by atoms with Gasteiger partial charge in [0.25, 0.3) is 11.8 Å². The molecule has 0 saturated carbocycles. The van der Waals surface area contributed by atoms with Crippen LogP contribution in [0.25, 0.3) is 11.3 Å². The Hall–Kier alpha value is -4.65. The average molecular weight is 456 g/mol. The van der Waals surface area contributed by atoms with E-state index in [1.54, 1.807) is 48.4 Å². The van der Waals surface area contributed by atoms with E-state index in [2.05, 4.69) is 32.6 Å². The summed E-state index contributed by atoms with van der Waals surface area (Å²) in [5, 5.41) is 9.03. The maximum Gasteiger partial charge on any atom is 0.323 e. The van der Waals surface area contributed by atoms with Gasteiger partial charge in [0, 0.05) is 37.1 Å². The Balaban J connectivity index is 1.49. The van der Waals surface area contributed by atoms with Crippen molar-refractivity contribution < 1.29 is 19.1 Å². The zero-order valence-electron chi connectivity index (χ0n) is 18.5. The van der Waals surface area contributed by atoms with Gasteiger partial charge in [0.15, 0.2) is 0 Å². The highest BCUT2D eigenvalue weighted by atomic mass is 16.5. The highest BCUT2D eigenvalue weighted by Gasteiger charge is 2.48. The molecular weight excluding hydrogens is 436 g/mol. The van der Waals surface area contributed by atoms with E-state index in [9.17, 15) is 14.4 Å². The van der Waals surface area contributed by atoms with Crippen molar-refractivity contribution in [2.24, 2.45) is 7.05 Å². The van der Waals surface area contributed by atoms with Gasteiger partial charge in [0.05, 0.1) is 31.1 Å². The third-order valence-electron chi connectivity index (χ3n) is 5.76. The summed E-state index contributed by atoms with van der Waals surface area (Å²) in [5.74, 6) is 5.61. The van der Waals surface area contributed by atoms with Crippen LogP contribution in [0.15, 0.2) is 48.9 Å². The predicted octanol–water partition coefficient (Wildman–Crippen LogP) is 1.08. The number of fused-ring (bicyclic) bond motifs is 1. The molecule has 0 aliphatic carbocycles. The van der Waals surface area contributed by atoms with Gasteiger partial charge in [-0.2, -0.15) is 5.10 Å². The lowest BCUT2D eigenvalue weighted by atomic mass is 9.98. The number of nitrogens with zero attached hydrogens (tertiary/aromatic N) is 4. The average Bonchev–Trinajstić information content (AvgIpc) is 3.48. The van der Waals surface area contributed by atoms with Crippen LogP contribution in [0.4, 0.5) is 4.79 Å². The molecule has 4 amide bonds. The normalized spacial score (nSPS) is 18.8. The quantitative estimate of drug-likeness (QED) is 0.448. The van der Waals surface area contributed by atoms with Crippen molar-refractivity contribution in [3.8, 4) is 28.8 Å². The van der Waals surface area contributed by atoms with Crippen LogP contribution in [0.1, 0.15) is 21.5 Å². The van der Waals surface area contributed by atoms with Crippen LogP contribution in [0.3, 0.4) is 0 Å². The number of carbonyl (C=O) groups is 3. The molecule has 5 rings (SSSR count).